The molecule has 0 saturated carbocycles. The van der Waals surface area contributed by atoms with Gasteiger partial charge in [0.25, 0.3) is 0 Å². The van der Waals surface area contributed by atoms with E-state index in [2.05, 4.69) is 49.5 Å². The fourth-order valence-corrected chi connectivity index (χ4v) is 2.45. The van der Waals surface area contributed by atoms with E-state index < -0.39 is 0 Å². The lowest BCUT2D eigenvalue weighted by Gasteiger charge is -2.05. The lowest BCUT2D eigenvalue weighted by molar-refractivity contribution is 0.905. The fraction of sp³-hybridized carbons (Fsp3) is 0.273. The Labute approximate surface area is 82.4 Å². The first-order chi connectivity index (χ1) is 6.25. The molecule has 1 heterocycles. The summed E-state index contributed by atoms with van der Waals surface area (Å²) in [6, 6.07) is 11.2. The van der Waals surface area contributed by atoms with Crippen LogP contribution in [0, 0.1) is 0 Å². The van der Waals surface area contributed by atoms with E-state index in [4.69, 9.17) is 0 Å². The highest BCUT2D eigenvalue weighted by Gasteiger charge is 2.00. The van der Waals surface area contributed by atoms with E-state index in [0.29, 0.717) is 6.04 Å². The van der Waals surface area contributed by atoms with Gasteiger partial charge in [-0.2, -0.15) is 0 Å². The van der Waals surface area contributed by atoms with E-state index in [1.807, 2.05) is 11.3 Å². The Hall–Kier alpha value is -1.02. The number of benzene rings is 1. The maximum atomic E-state index is 3.41. The van der Waals surface area contributed by atoms with Crippen LogP contribution < -0.4 is 5.32 Å². The molecule has 0 atom stereocenters. The molecule has 1 aromatic carbocycles. The van der Waals surface area contributed by atoms with Crippen LogP contribution in [-0.4, -0.2) is 6.04 Å². The number of nitrogens with one attached hydrogen (secondary N) is 1. The van der Waals surface area contributed by atoms with Crippen LogP contribution >= 0.6 is 11.3 Å². The third kappa shape index (κ3) is 1.83. The summed E-state index contributed by atoms with van der Waals surface area (Å²) in [6.45, 7) is 4.31. The third-order valence-electron chi connectivity index (χ3n) is 1.86. The molecular formula is C11H13NS. The second-order valence-electron chi connectivity index (χ2n) is 3.45. The van der Waals surface area contributed by atoms with Crippen LogP contribution in [0.15, 0.2) is 30.3 Å². The highest BCUT2D eigenvalue weighted by atomic mass is 32.1. The molecule has 2 rings (SSSR count). The zero-order valence-electron chi connectivity index (χ0n) is 7.87. The Balaban J connectivity index is 2.38. The molecule has 68 valence electrons. The highest BCUT2D eigenvalue weighted by Crippen LogP contribution is 2.29. The average molecular weight is 191 g/mol. The first-order valence-corrected chi connectivity index (χ1v) is 5.32. The summed E-state index contributed by atoms with van der Waals surface area (Å²) in [5, 5.41) is 6.00. The number of hydrogen-bond acceptors (Lipinski definition) is 2. The Morgan fingerprint density at radius 2 is 2.00 bits per heavy atom. The van der Waals surface area contributed by atoms with Gasteiger partial charge in [0, 0.05) is 10.7 Å². The molecule has 13 heavy (non-hydrogen) atoms. The maximum Gasteiger partial charge on any atom is 0.0896 e. The van der Waals surface area contributed by atoms with Crippen molar-refractivity contribution in [1.29, 1.82) is 0 Å². The first kappa shape index (κ1) is 8.57. The van der Waals surface area contributed by atoms with Gasteiger partial charge in [-0.25, -0.2) is 0 Å². The van der Waals surface area contributed by atoms with Crippen molar-refractivity contribution < 1.29 is 0 Å². The SMILES string of the molecule is CC(C)Nc1cc2ccccc2s1. The van der Waals surface area contributed by atoms with Crippen LogP contribution in [0.1, 0.15) is 13.8 Å². The molecule has 0 bridgehead atoms. The van der Waals surface area contributed by atoms with Crippen LogP contribution in [0.2, 0.25) is 0 Å². The highest BCUT2D eigenvalue weighted by molar-refractivity contribution is 7.22. The lowest BCUT2D eigenvalue weighted by atomic mass is 10.3. The summed E-state index contributed by atoms with van der Waals surface area (Å²) in [4.78, 5) is 0. The summed E-state index contributed by atoms with van der Waals surface area (Å²) in [5.41, 5.74) is 0. The van der Waals surface area contributed by atoms with Crippen LogP contribution in [-0.2, 0) is 0 Å². The molecule has 1 N–H and O–H groups in total. The zero-order valence-corrected chi connectivity index (χ0v) is 8.69. The molecule has 0 aliphatic rings. The summed E-state index contributed by atoms with van der Waals surface area (Å²) >= 11 is 1.81. The molecule has 0 saturated heterocycles. The van der Waals surface area contributed by atoms with Crippen LogP contribution in [0.5, 0.6) is 0 Å². The third-order valence-corrected chi connectivity index (χ3v) is 2.90. The van der Waals surface area contributed by atoms with Crippen molar-refractivity contribution in [2.24, 2.45) is 0 Å². The number of anilines is 1. The number of fused-ring (bicyclic) bond motifs is 1. The standard InChI is InChI=1S/C11H13NS/c1-8(2)12-11-7-9-5-3-4-6-10(9)13-11/h3-8,12H,1-2H3. The number of thiophene rings is 1. The van der Waals surface area contributed by atoms with Crippen molar-refractivity contribution >= 4 is 26.4 Å². The molecular weight excluding hydrogens is 178 g/mol. The predicted octanol–water partition coefficient (Wildman–Crippen LogP) is 3.72. The van der Waals surface area contributed by atoms with Gasteiger partial charge in [0.05, 0.1) is 5.00 Å². The van der Waals surface area contributed by atoms with Crippen LogP contribution in [0.4, 0.5) is 5.00 Å². The van der Waals surface area contributed by atoms with E-state index in [0.717, 1.165) is 0 Å². The normalized spacial score (nSPS) is 11.0. The molecule has 0 spiro atoms. The Morgan fingerprint density at radius 3 is 2.69 bits per heavy atom. The zero-order chi connectivity index (χ0) is 9.26. The van der Waals surface area contributed by atoms with E-state index in [9.17, 15) is 0 Å². The van der Waals surface area contributed by atoms with E-state index >= 15 is 0 Å². The van der Waals surface area contributed by atoms with Crippen molar-refractivity contribution in [3.05, 3.63) is 30.3 Å². The van der Waals surface area contributed by atoms with Gasteiger partial charge in [0.1, 0.15) is 0 Å². The van der Waals surface area contributed by atoms with Crippen molar-refractivity contribution in [2.75, 3.05) is 5.32 Å². The molecule has 0 radical (unpaired) electrons. The summed E-state index contributed by atoms with van der Waals surface area (Å²) in [6.07, 6.45) is 0. The van der Waals surface area contributed by atoms with E-state index in [1.54, 1.807) is 0 Å². The average Bonchev–Trinajstić information content (AvgIpc) is 2.44. The number of rotatable bonds is 2. The monoisotopic (exact) mass is 191 g/mol. The molecule has 0 fully saturated rings. The fourth-order valence-electron chi connectivity index (χ4n) is 1.34. The Morgan fingerprint density at radius 1 is 1.23 bits per heavy atom. The van der Waals surface area contributed by atoms with Gasteiger partial charge in [-0.15, -0.1) is 11.3 Å². The molecule has 0 amide bonds. The van der Waals surface area contributed by atoms with Gasteiger partial charge < -0.3 is 5.32 Å². The predicted molar refractivity (Wildman–Crippen MR) is 60.6 cm³/mol. The van der Waals surface area contributed by atoms with Crippen molar-refractivity contribution in [3.8, 4) is 0 Å². The molecule has 1 nitrogen and oxygen atoms in total. The largest absolute Gasteiger partial charge is 0.375 e. The van der Waals surface area contributed by atoms with Crippen molar-refractivity contribution in [1.82, 2.24) is 0 Å². The van der Waals surface area contributed by atoms with E-state index in [1.165, 1.54) is 15.1 Å². The lowest BCUT2D eigenvalue weighted by Crippen LogP contribution is -2.07. The van der Waals surface area contributed by atoms with Gasteiger partial charge in [0.15, 0.2) is 0 Å². The van der Waals surface area contributed by atoms with Crippen molar-refractivity contribution in [3.63, 3.8) is 0 Å². The minimum atomic E-state index is 0.507. The first-order valence-electron chi connectivity index (χ1n) is 4.51. The van der Waals surface area contributed by atoms with Gasteiger partial charge in [-0.3, -0.25) is 0 Å². The van der Waals surface area contributed by atoms with Crippen LogP contribution in [0.25, 0.3) is 10.1 Å². The summed E-state index contributed by atoms with van der Waals surface area (Å²) in [5.74, 6) is 0. The van der Waals surface area contributed by atoms with E-state index in [-0.39, 0.29) is 0 Å². The minimum Gasteiger partial charge on any atom is -0.375 e. The van der Waals surface area contributed by atoms with Gasteiger partial charge in [-0.1, -0.05) is 18.2 Å². The molecule has 0 aliphatic heterocycles. The summed E-state index contributed by atoms with van der Waals surface area (Å²) < 4.78 is 1.35. The Kier molecular flexibility index (Phi) is 2.23. The van der Waals surface area contributed by atoms with Gasteiger partial charge in [0.2, 0.25) is 0 Å². The van der Waals surface area contributed by atoms with Gasteiger partial charge in [-0.05, 0) is 31.4 Å². The second kappa shape index (κ2) is 3.38. The quantitative estimate of drug-likeness (QED) is 0.762. The number of hydrogen-bond donors (Lipinski definition) is 1. The van der Waals surface area contributed by atoms with Crippen molar-refractivity contribution in [2.45, 2.75) is 19.9 Å². The second-order valence-corrected chi connectivity index (χ2v) is 4.53. The maximum absolute atomic E-state index is 3.41. The molecule has 0 unspecified atom stereocenters. The topological polar surface area (TPSA) is 12.0 Å². The molecule has 1 aromatic heterocycles. The smallest absolute Gasteiger partial charge is 0.0896 e. The minimum absolute atomic E-state index is 0.507. The molecule has 2 heteroatoms. The van der Waals surface area contributed by atoms with Gasteiger partial charge >= 0.3 is 0 Å². The Bertz CT molecular complexity index is 370. The van der Waals surface area contributed by atoms with Crippen LogP contribution in [0.3, 0.4) is 0 Å². The molecule has 2 aromatic rings. The molecule has 0 aliphatic carbocycles. The summed E-state index contributed by atoms with van der Waals surface area (Å²) in [7, 11) is 0.